The van der Waals surface area contributed by atoms with Gasteiger partial charge in [0.05, 0.1) is 6.04 Å². The summed E-state index contributed by atoms with van der Waals surface area (Å²) in [6.45, 7) is 5.83. The van der Waals surface area contributed by atoms with E-state index in [-0.39, 0.29) is 11.9 Å². The number of nitrogens with two attached hydrogens (primary N) is 1. The van der Waals surface area contributed by atoms with Crippen LogP contribution in [0.2, 0.25) is 0 Å². The fourth-order valence-corrected chi connectivity index (χ4v) is 5.38. The van der Waals surface area contributed by atoms with Crippen LogP contribution >= 0.6 is 0 Å². The molecular formula is C28H31N5O3. The zero-order chi connectivity index (χ0) is 25.2. The fraction of sp³-hybridized carbons (Fsp3) is 0.321. The van der Waals surface area contributed by atoms with Crippen molar-refractivity contribution in [2.45, 2.75) is 25.3 Å². The molecule has 0 bridgehead atoms. The van der Waals surface area contributed by atoms with Crippen molar-refractivity contribution in [1.29, 1.82) is 0 Å². The monoisotopic (exact) mass is 485 g/mol. The lowest BCUT2D eigenvalue weighted by Crippen LogP contribution is -2.42. The second-order valence-electron chi connectivity index (χ2n) is 9.44. The van der Waals surface area contributed by atoms with Crippen LogP contribution in [0.5, 0.6) is 11.5 Å². The van der Waals surface area contributed by atoms with Gasteiger partial charge in [0.25, 0.3) is 5.91 Å². The molecule has 2 N–H and O–H groups in total. The van der Waals surface area contributed by atoms with Gasteiger partial charge >= 0.3 is 0 Å². The van der Waals surface area contributed by atoms with E-state index >= 15 is 0 Å². The lowest BCUT2D eigenvalue weighted by atomic mass is 9.86. The maximum atomic E-state index is 12.7. The van der Waals surface area contributed by atoms with Gasteiger partial charge < -0.3 is 20.3 Å². The van der Waals surface area contributed by atoms with Crippen LogP contribution in [0.25, 0.3) is 11.3 Å². The van der Waals surface area contributed by atoms with Crippen LogP contribution in [0.4, 0.5) is 5.82 Å². The van der Waals surface area contributed by atoms with Crippen LogP contribution in [0, 0.1) is 5.92 Å². The zero-order valence-corrected chi connectivity index (χ0v) is 20.5. The van der Waals surface area contributed by atoms with Gasteiger partial charge in [-0.2, -0.15) is 5.10 Å². The molecule has 0 aliphatic carbocycles. The van der Waals surface area contributed by atoms with E-state index in [0.29, 0.717) is 36.0 Å². The van der Waals surface area contributed by atoms with Gasteiger partial charge in [-0.3, -0.25) is 9.59 Å². The lowest BCUT2D eigenvalue weighted by Gasteiger charge is -2.40. The largest absolute Gasteiger partial charge is 0.457 e. The fourth-order valence-electron chi connectivity index (χ4n) is 5.38. The molecule has 1 fully saturated rings. The van der Waals surface area contributed by atoms with Gasteiger partial charge in [0.15, 0.2) is 0 Å². The third-order valence-electron chi connectivity index (χ3n) is 7.24. The number of nitrogens with zero attached hydrogens (tertiary/aromatic N) is 4. The average molecular weight is 486 g/mol. The first-order valence-electron chi connectivity index (χ1n) is 12.3. The molecule has 0 saturated carbocycles. The molecule has 0 radical (unpaired) electrons. The minimum Gasteiger partial charge on any atom is -0.457 e. The normalized spacial score (nSPS) is 18.0. The summed E-state index contributed by atoms with van der Waals surface area (Å²) in [7, 11) is 1.97. The van der Waals surface area contributed by atoms with Crippen LogP contribution < -0.4 is 15.4 Å². The number of piperidine rings is 1. The van der Waals surface area contributed by atoms with Gasteiger partial charge in [0.2, 0.25) is 5.91 Å². The van der Waals surface area contributed by atoms with Gasteiger partial charge in [0, 0.05) is 32.2 Å². The molecule has 8 nitrogen and oxygen atoms in total. The summed E-state index contributed by atoms with van der Waals surface area (Å²) in [4.78, 5) is 28.6. The highest BCUT2D eigenvalue weighted by Gasteiger charge is 2.37. The summed E-state index contributed by atoms with van der Waals surface area (Å²) in [5.74, 6) is 2.07. The van der Waals surface area contributed by atoms with Crippen molar-refractivity contribution in [2.75, 3.05) is 31.6 Å². The van der Waals surface area contributed by atoms with Crippen LogP contribution in [0.15, 0.2) is 67.3 Å². The Kier molecular flexibility index (Phi) is 6.50. The maximum Gasteiger partial charge on any atom is 0.254 e. The zero-order valence-electron chi connectivity index (χ0n) is 20.5. The van der Waals surface area contributed by atoms with Gasteiger partial charge in [-0.25, -0.2) is 4.68 Å². The Morgan fingerprint density at radius 1 is 1.00 bits per heavy atom. The summed E-state index contributed by atoms with van der Waals surface area (Å²) in [5.41, 5.74) is 7.75. The van der Waals surface area contributed by atoms with Gasteiger partial charge in [-0.15, -0.1) is 0 Å². The molecule has 1 atom stereocenters. The Morgan fingerprint density at radius 3 is 2.31 bits per heavy atom. The van der Waals surface area contributed by atoms with Crippen LogP contribution in [-0.4, -0.2) is 53.2 Å². The molecule has 8 heteroatoms. The summed E-state index contributed by atoms with van der Waals surface area (Å²) in [5, 5.41) is 4.97. The number of rotatable bonds is 6. The van der Waals surface area contributed by atoms with E-state index in [2.05, 4.69) is 11.5 Å². The van der Waals surface area contributed by atoms with Gasteiger partial charge in [0.1, 0.15) is 28.6 Å². The number of ether oxygens (including phenoxy) is 1. The van der Waals surface area contributed by atoms with E-state index in [1.54, 1.807) is 0 Å². The second kappa shape index (κ2) is 9.89. The predicted molar refractivity (Wildman–Crippen MR) is 139 cm³/mol. The SMILES string of the molecule is C=CC(=O)N1CCC(C2CCN(C)c3c(C(N)=O)c(-c4ccc(Oc5ccccc5)cc4)nn32)CC1. The Hall–Kier alpha value is -4.07. The Morgan fingerprint density at radius 2 is 1.67 bits per heavy atom. The second-order valence-corrected chi connectivity index (χ2v) is 9.44. The standard InChI is InChI=1S/C28H31N5O3/c1-3-24(34)32-17-13-19(14-18-32)23-15-16-31(2)28-25(27(29)35)26(30-33(23)28)20-9-11-22(12-10-20)36-21-7-5-4-6-8-21/h3-12,19,23H,1,13-18H2,2H3,(H2,29,35). The third-order valence-corrected chi connectivity index (χ3v) is 7.24. The number of hydrogen-bond donors (Lipinski definition) is 1. The number of likely N-dealkylation sites (tertiary alicyclic amines) is 1. The number of amides is 2. The molecule has 5 rings (SSSR count). The van der Waals surface area contributed by atoms with Crippen molar-refractivity contribution in [1.82, 2.24) is 14.7 Å². The molecule has 36 heavy (non-hydrogen) atoms. The molecule has 1 aromatic heterocycles. The molecule has 2 aliphatic heterocycles. The maximum absolute atomic E-state index is 12.7. The smallest absolute Gasteiger partial charge is 0.254 e. The first-order valence-corrected chi connectivity index (χ1v) is 12.3. The topological polar surface area (TPSA) is 93.7 Å². The van der Waals surface area contributed by atoms with Crippen molar-refractivity contribution >= 4 is 17.6 Å². The molecule has 186 valence electrons. The quantitative estimate of drug-likeness (QED) is 0.527. The highest BCUT2D eigenvalue weighted by atomic mass is 16.5. The Labute approximate surface area is 210 Å². The van der Waals surface area contributed by atoms with E-state index in [1.165, 1.54) is 6.08 Å². The van der Waals surface area contributed by atoms with Crippen LogP contribution in [-0.2, 0) is 4.79 Å². The van der Waals surface area contributed by atoms with Crippen molar-refractivity contribution in [3.63, 3.8) is 0 Å². The minimum atomic E-state index is -0.491. The number of para-hydroxylation sites is 1. The van der Waals surface area contributed by atoms with Gasteiger partial charge in [-0.05, 0) is 67.7 Å². The third kappa shape index (κ3) is 4.46. The van der Waals surface area contributed by atoms with Crippen molar-refractivity contribution < 1.29 is 14.3 Å². The number of carbonyl (C=O) groups excluding carboxylic acids is 2. The van der Waals surface area contributed by atoms with Crippen LogP contribution in [0.3, 0.4) is 0 Å². The summed E-state index contributed by atoms with van der Waals surface area (Å²) < 4.78 is 7.92. The molecule has 3 aromatic rings. The number of fused-ring (bicyclic) bond motifs is 1. The van der Waals surface area contributed by atoms with E-state index in [1.807, 2.05) is 71.2 Å². The lowest BCUT2D eigenvalue weighted by molar-refractivity contribution is -0.127. The number of primary amides is 1. The van der Waals surface area contributed by atoms with Crippen molar-refractivity contribution in [3.8, 4) is 22.8 Å². The molecular weight excluding hydrogens is 454 g/mol. The van der Waals surface area contributed by atoms with Crippen molar-refractivity contribution in [3.05, 3.63) is 72.8 Å². The first kappa shape index (κ1) is 23.7. The predicted octanol–water partition coefficient (Wildman–Crippen LogP) is 4.25. The molecule has 1 unspecified atom stereocenters. The number of hydrogen-bond acceptors (Lipinski definition) is 5. The molecule has 2 aliphatic rings. The highest BCUT2D eigenvalue weighted by Crippen LogP contribution is 2.42. The van der Waals surface area contributed by atoms with Crippen molar-refractivity contribution in [2.24, 2.45) is 11.7 Å². The molecule has 0 spiro atoms. The molecule has 2 aromatic carbocycles. The van der Waals surface area contributed by atoms with E-state index < -0.39 is 5.91 Å². The minimum absolute atomic E-state index is 0.0189. The molecule has 1 saturated heterocycles. The molecule has 3 heterocycles. The number of benzene rings is 2. The summed E-state index contributed by atoms with van der Waals surface area (Å²) in [6.07, 6.45) is 4.08. The Balaban J connectivity index is 1.44. The average Bonchev–Trinajstić information content (AvgIpc) is 3.32. The summed E-state index contributed by atoms with van der Waals surface area (Å²) >= 11 is 0. The van der Waals surface area contributed by atoms with E-state index in [0.717, 1.165) is 42.9 Å². The number of carbonyl (C=O) groups is 2. The van der Waals surface area contributed by atoms with Crippen LogP contribution in [0.1, 0.15) is 35.7 Å². The van der Waals surface area contributed by atoms with E-state index in [9.17, 15) is 9.59 Å². The summed E-state index contributed by atoms with van der Waals surface area (Å²) in [6, 6.07) is 17.3. The van der Waals surface area contributed by atoms with E-state index in [4.69, 9.17) is 15.6 Å². The molecule has 2 amide bonds. The van der Waals surface area contributed by atoms with Gasteiger partial charge in [-0.1, -0.05) is 24.8 Å². The highest BCUT2D eigenvalue weighted by molar-refractivity contribution is 6.04. The first-order chi connectivity index (χ1) is 17.5. The number of aromatic nitrogens is 2. The number of anilines is 1. The Bertz CT molecular complexity index is 1260.